The number of carbonyl (C=O) groups is 1. The smallest absolute Gasteiger partial charge is 0.265 e. The van der Waals surface area contributed by atoms with E-state index in [4.69, 9.17) is 10.8 Å². The fraction of sp³-hybridized carbons (Fsp3) is 0.800. The molecule has 6 heteroatoms. The summed E-state index contributed by atoms with van der Waals surface area (Å²) < 4.78 is 23.1. The fourth-order valence-corrected chi connectivity index (χ4v) is 0.380. The molecule has 0 saturated carbocycles. The van der Waals surface area contributed by atoms with Gasteiger partial charge in [0.05, 0.1) is 6.54 Å². The van der Waals surface area contributed by atoms with Crippen LogP contribution in [0.1, 0.15) is 0 Å². The van der Waals surface area contributed by atoms with Crippen molar-refractivity contribution in [2.45, 2.75) is 12.5 Å². The second kappa shape index (κ2) is 4.97. The van der Waals surface area contributed by atoms with Gasteiger partial charge in [0, 0.05) is 6.54 Å². The number of halogens is 2. The van der Waals surface area contributed by atoms with E-state index in [0.717, 1.165) is 0 Å². The molecule has 0 bridgehead atoms. The molecule has 0 radical (unpaired) electrons. The van der Waals surface area contributed by atoms with Crippen molar-refractivity contribution in [1.82, 2.24) is 5.32 Å². The van der Waals surface area contributed by atoms with Crippen LogP contribution in [0, 0.1) is 0 Å². The lowest BCUT2D eigenvalue weighted by molar-refractivity contribution is -0.120. The lowest BCUT2D eigenvalue weighted by Gasteiger charge is -2.09. The standard InChI is InChI=1S/C5H10F2N2O2/c6-5(7)3(10)2-9-4(11)1-8/h3,5,10H,1-2,8H2,(H,9,11). The van der Waals surface area contributed by atoms with Crippen LogP contribution >= 0.6 is 0 Å². The molecule has 0 aromatic rings. The van der Waals surface area contributed by atoms with Crippen LogP contribution in [0.5, 0.6) is 0 Å². The Labute approximate surface area is 62.4 Å². The number of alkyl halides is 2. The number of hydrogen-bond donors (Lipinski definition) is 3. The summed E-state index contributed by atoms with van der Waals surface area (Å²) in [5.41, 5.74) is 4.85. The largest absolute Gasteiger partial charge is 0.385 e. The van der Waals surface area contributed by atoms with Gasteiger partial charge in [-0.2, -0.15) is 0 Å². The maximum absolute atomic E-state index is 11.6. The summed E-state index contributed by atoms with van der Waals surface area (Å²) in [6.45, 7) is -0.732. The average molecular weight is 168 g/mol. The van der Waals surface area contributed by atoms with Crippen LogP contribution in [-0.2, 0) is 4.79 Å². The maximum Gasteiger partial charge on any atom is 0.265 e. The second-order valence-electron chi connectivity index (χ2n) is 1.91. The SMILES string of the molecule is NCC(=O)NCC(O)C(F)F. The fourth-order valence-electron chi connectivity index (χ4n) is 0.380. The van der Waals surface area contributed by atoms with E-state index in [1.165, 1.54) is 0 Å². The van der Waals surface area contributed by atoms with Crippen molar-refractivity contribution in [2.75, 3.05) is 13.1 Å². The van der Waals surface area contributed by atoms with Gasteiger partial charge in [0.25, 0.3) is 6.43 Å². The van der Waals surface area contributed by atoms with Gasteiger partial charge in [0.15, 0.2) is 0 Å². The topological polar surface area (TPSA) is 75.4 Å². The Bertz CT molecular complexity index is 132. The molecule has 0 heterocycles. The summed E-state index contributed by atoms with van der Waals surface area (Å²) in [5.74, 6) is -0.565. The van der Waals surface area contributed by atoms with Gasteiger partial charge in [-0.1, -0.05) is 0 Å². The highest BCUT2D eigenvalue weighted by Gasteiger charge is 2.16. The van der Waals surface area contributed by atoms with Crippen molar-refractivity contribution < 1.29 is 18.7 Å². The first-order valence-electron chi connectivity index (χ1n) is 3.01. The maximum atomic E-state index is 11.6. The summed E-state index contributed by atoms with van der Waals surface area (Å²) in [7, 11) is 0. The minimum Gasteiger partial charge on any atom is -0.385 e. The number of rotatable bonds is 4. The van der Waals surface area contributed by atoms with E-state index in [-0.39, 0.29) is 6.54 Å². The van der Waals surface area contributed by atoms with Crippen LogP contribution < -0.4 is 11.1 Å². The molecule has 4 nitrogen and oxygen atoms in total. The van der Waals surface area contributed by atoms with E-state index < -0.39 is 25.0 Å². The van der Waals surface area contributed by atoms with E-state index in [1.807, 2.05) is 5.32 Å². The molecule has 0 aromatic heterocycles. The Balaban J connectivity index is 3.45. The van der Waals surface area contributed by atoms with E-state index in [1.54, 1.807) is 0 Å². The van der Waals surface area contributed by atoms with Gasteiger partial charge < -0.3 is 16.2 Å². The second-order valence-corrected chi connectivity index (χ2v) is 1.91. The molecule has 66 valence electrons. The Morgan fingerprint density at radius 2 is 2.18 bits per heavy atom. The lowest BCUT2D eigenvalue weighted by Crippen LogP contribution is -2.38. The van der Waals surface area contributed by atoms with Crippen LogP contribution in [0.15, 0.2) is 0 Å². The van der Waals surface area contributed by atoms with Crippen LogP contribution in [0.4, 0.5) is 8.78 Å². The number of amides is 1. The third-order valence-corrected chi connectivity index (χ3v) is 0.985. The molecule has 4 N–H and O–H groups in total. The Morgan fingerprint density at radius 3 is 2.55 bits per heavy atom. The number of aliphatic hydroxyl groups is 1. The molecule has 0 rings (SSSR count). The quantitative estimate of drug-likeness (QED) is 0.487. The molecule has 0 fully saturated rings. The van der Waals surface area contributed by atoms with Gasteiger partial charge in [0.2, 0.25) is 5.91 Å². The van der Waals surface area contributed by atoms with Gasteiger partial charge in [-0.15, -0.1) is 0 Å². The predicted molar refractivity (Wildman–Crippen MR) is 34.1 cm³/mol. The number of nitrogens with two attached hydrogens (primary N) is 1. The Morgan fingerprint density at radius 1 is 1.64 bits per heavy atom. The van der Waals surface area contributed by atoms with Gasteiger partial charge in [-0.05, 0) is 0 Å². The van der Waals surface area contributed by atoms with E-state index >= 15 is 0 Å². The first kappa shape index (κ1) is 10.2. The zero-order valence-electron chi connectivity index (χ0n) is 5.76. The predicted octanol–water partition coefficient (Wildman–Crippen LogP) is -1.31. The zero-order valence-corrected chi connectivity index (χ0v) is 5.76. The molecule has 1 atom stereocenters. The van der Waals surface area contributed by atoms with Crippen LogP contribution in [0.25, 0.3) is 0 Å². The first-order chi connectivity index (χ1) is 5.07. The minimum absolute atomic E-state index is 0.268. The van der Waals surface area contributed by atoms with Crippen LogP contribution in [0.3, 0.4) is 0 Å². The highest BCUT2D eigenvalue weighted by molar-refractivity contribution is 5.77. The van der Waals surface area contributed by atoms with Crippen molar-refractivity contribution >= 4 is 5.91 Å². The van der Waals surface area contributed by atoms with Gasteiger partial charge in [-0.25, -0.2) is 8.78 Å². The van der Waals surface area contributed by atoms with Crippen LogP contribution in [0.2, 0.25) is 0 Å². The van der Waals surface area contributed by atoms with Crippen molar-refractivity contribution in [3.8, 4) is 0 Å². The number of hydrogen-bond acceptors (Lipinski definition) is 3. The molecule has 0 aliphatic heterocycles. The lowest BCUT2D eigenvalue weighted by atomic mass is 10.3. The van der Waals surface area contributed by atoms with Gasteiger partial charge >= 0.3 is 0 Å². The van der Waals surface area contributed by atoms with E-state index in [0.29, 0.717) is 0 Å². The molecule has 0 aromatic carbocycles. The molecule has 1 unspecified atom stereocenters. The molecule has 0 aliphatic carbocycles. The first-order valence-corrected chi connectivity index (χ1v) is 3.01. The molecular weight excluding hydrogens is 158 g/mol. The summed E-state index contributed by atoms with van der Waals surface area (Å²) in [5, 5.41) is 10.5. The third kappa shape index (κ3) is 4.63. The molecule has 11 heavy (non-hydrogen) atoms. The molecular formula is C5H10F2N2O2. The van der Waals surface area contributed by atoms with Gasteiger partial charge in [0.1, 0.15) is 6.10 Å². The van der Waals surface area contributed by atoms with Crippen molar-refractivity contribution in [3.63, 3.8) is 0 Å². The average Bonchev–Trinajstić information content (AvgIpc) is 1.99. The highest BCUT2D eigenvalue weighted by atomic mass is 19.3. The summed E-state index contributed by atoms with van der Waals surface area (Å²) in [6, 6.07) is 0. The molecule has 0 saturated heterocycles. The monoisotopic (exact) mass is 168 g/mol. The van der Waals surface area contributed by atoms with Crippen molar-refractivity contribution in [1.29, 1.82) is 0 Å². The van der Waals surface area contributed by atoms with E-state index in [9.17, 15) is 13.6 Å². The zero-order chi connectivity index (χ0) is 8.85. The molecule has 0 aliphatic rings. The van der Waals surface area contributed by atoms with Gasteiger partial charge in [-0.3, -0.25) is 4.79 Å². The molecule has 0 spiro atoms. The number of nitrogens with one attached hydrogen (secondary N) is 1. The summed E-state index contributed by atoms with van der Waals surface area (Å²) >= 11 is 0. The molecule has 1 amide bonds. The Kier molecular flexibility index (Phi) is 4.64. The summed E-state index contributed by atoms with van der Waals surface area (Å²) in [6.07, 6.45) is -4.65. The van der Waals surface area contributed by atoms with Crippen LogP contribution in [-0.4, -0.2) is 36.6 Å². The number of carbonyl (C=O) groups excluding carboxylic acids is 1. The Hall–Kier alpha value is -0.750. The highest BCUT2D eigenvalue weighted by Crippen LogP contribution is 1.97. The third-order valence-electron chi connectivity index (χ3n) is 0.985. The van der Waals surface area contributed by atoms with E-state index in [2.05, 4.69) is 0 Å². The van der Waals surface area contributed by atoms with Crippen molar-refractivity contribution in [3.05, 3.63) is 0 Å². The normalized spacial score (nSPS) is 13.2. The van der Waals surface area contributed by atoms with Crippen molar-refractivity contribution in [2.24, 2.45) is 5.73 Å². The number of aliphatic hydroxyl groups excluding tert-OH is 1. The minimum atomic E-state index is -2.84. The summed E-state index contributed by atoms with van der Waals surface area (Å²) in [4.78, 5) is 10.3.